The van der Waals surface area contributed by atoms with Crippen LogP contribution in [0.3, 0.4) is 0 Å². The van der Waals surface area contributed by atoms with Gasteiger partial charge in [-0.15, -0.1) is 0 Å². The Morgan fingerprint density at radius 1 is 1.00 bits per heavy atom. The van der Waals surface area contributed by atoms with Crippen molar-refractivity contribution in [1.82, 2.24) is 0 Å². The standard InChI is InChI=1S/CH3.H2O.V.Y/h1H3;1H2;;/q-1;;;. The third-order valence-electron chi connectivity index (χ3n) is 0. The Morgan fingerprint density at radius 2 is 1.00 bits per heavy atom. The van der Waals surface area contributed by atoms with Crippen LogP contribution in [-0.4, -0.2) is 5.48 Å². The minimum Gasteiger partial charge on any atom is -0.412 e. The van der Waals surface area contributed by atoms with Crippen molar-refractivity contribution in [1.29, 1.82) is 0 Å². The van der Waals surface area contributed by atoms with Gasteiger partial charge < -0.3 is 12.9 Å². The fourth-order valence-electron chi connectivity index (χ4n) is 0. The first-order chi connectivity index (χ1) is 0. The first kappa shape index (κ1) is 44.9. The summed E-state index contributed by atoms with van der Waals surface area (Å²) in [7, 11) is 0. The van der Waals surface area contributed by atoms with Gasteiger partial charge in [-0.25, -0.2) is 0 Å². The molecule has 24 valence electrons. The zero-order valence-corrected chi connectivity index (χ0v) is 6.76. The zero-order chi connectivity index (χ0) is 0. The molecule has 0 saturated heterocycles. The summed E-state index contributed by atoms with van der Waals surface area (Å²) < 4.78 is 0. The van der Waals surface area contributed by atoms with Gasteiger partial charge in [0.1, 0.15) is 0 Å². The molecule has 0 spiro atoms. The fraction of sp³-hybridized carbons (Fsp3) is 0. The van der Waals surface area contributed by atoms with Crippen LogP contribution < -0.4 is 0 Å². The summed E-state index contributed by atoms with van der Waals surface area (Å²) >= 11 is 0. The molecule has 0 aromatic heterocycles. The van der Waals surface area contributed by atoms with Gasteiger partial charge in [-0.05, 0) is 0 Å². The van der Waals surface area contributed by atoms with Gasteiger partial charge in [-0.1, -0.05) is 0 Å². The van der Waals surface area contributed by atoms with Crippen LogP contribution in [0.25, 0.3) is 0 Å². The second-order valence-electron chi connectivity index (χ2n) is 0. The molecule has 0 heterocycles. The van der Waals surface area contributed by atoms with E-state index in [1.165, 1.54) is 0 Å². The summed E-state index contributed by atoms with van der Waals surface area (Å²) in [6.45, 7) is 0. The molecule has 4 heavy (non-hydrogen) atoms. The molecule has 0 aromatic carbocycles. The van der Waals surface area contributed by atoms with Gasteiger partial charge in [-0.3, -0.25) is 0 Å². The normalized spacial score (nSPS) is 0. The van der Waals surface area contributed by atoms with E-state index < -0.39 is 0 Å². The topological polar surface area (TPSA) is 31.5 Å². The molecule has 3 heteroatoms. The monoisotopic (exact) mass is 173 g/mol. The summed E-state index contributed by atoms with van der Waals surface area (Å²) in [5.74, 6) is 0. The minimum atomic E-state index is 0. The van der Waals surface area contributed by atoms with E-state index in [4.69, 9.17) is 0 Å². The second kappa shape index (κ2) is 22.8. The van der Waals surface area contributed by atoms with E-state index in [9.17, 15) is 0 Å². The third-order valence-corrected chi connectivity index (χ3v) is 0. The van der Waals surface area contributed by atoms with Crippen LogP contribution in [0.1, 0.15) is 0 Å². The molecule has 0 aliphatic heterocycles. The van der Waals surface area contributed by atoms with Crippen molar-refractivity contribution in [3.8, 4) is 0 Å². The van der Waals surface area contributed by atoms with Gasteiger partial charge >= 0.3 is 0 Å². The summed E-state index contributed by atoms with van der Waals surface area (Å²) in [6.07, 6.45) is 0. The molecule has 0 fully saturated rings. The molecule has 0 aliphatic rings. The molecule has 2 radical (unpaired) electrons. The van der Waals surface area contributed by atoms with Crippen LogP contribution >= 0.6 is 0 Å². The molecule has 0 aromatic rings. The molecule has 0 aliphatic carbocycles. The first-order valence-corrected chi connectivity index (χ1v) is 0. The molecule has 0 amide bonds. The van der Waals surface area contributed by atoms with Crippen molar-refractivity contribution in [3.63, 3.8) is 0 Å². The van der Waals surface area contributed by atoms with E-state index in [0.717, 1.165) is 0 Å². The molecule has 0 bridgehead atoms. The average Bonchev–Trinajstić information content (AvgIpc) is 0. The zero-order valence-electron chi connectivity index (χ0n) is 2.52. The van der Waals surface area contributed by atoms with Gasteiger partial charge in [0.2, 0.25) is 0 Å². The maximum absolute atomic E-state index is 0. The van der Waals surface area contributed by atoms with Crippen molar-refractivity contribution < 1.29 is 56.7 Å². The van der Waals surface area contributed by atoms with E-state index in [0.29, 0.717) is 0 Å². The fourth-order valence-corrected chi connectivity index (χ4v) is 0. The van der Waals surface area contributed by atoms with Crippen molar-refractivity contribution in [2.24, 2.45) is 0 Å². The average molecular weight is 173 g/mol. The van der Waals surface area contributed by atoms with Crippen LogP contribution in [0.4, 0.5) is 0 Å². The Bertz CT molecular complexity index is 8.00. The summed E-state index contributed by atoms with van der Waals surface area (Å²) in [4.78, 5) is 0. The van der Waals surface area contributed by atoms with Crippen molar-refractivity contribution in [3.05, 3.63) is 7.43 Å². The quantitative estimate of drug-likeness (QED) is 0.447. The smallest absolute Gasteiger partial charge is 0 e. The van der Waals surface area contributed by atoms with Crippen LogP contribution in [0.2, 0.25) is 0 Å². The third kappa shape index (κ3) is 9.42. The van der Waals surface area contributed by atoms with Crippen LogP contribution in [0.5, 0.6) is 0 Å². The van der Waals surface area contributed by atoms with E-state index in [2.05, 4.69) is 0 Å². The number of hydrogen-bond donors (Lipinski definition) is 0. The largest absolute Gasteiger partial charge is 0.412 e. The van der Waals surface area contributed by atoms with E-state index in [1.54, 1.807) is 0 Å². The molecule has 0 unspecified atom stereocenters. The molecule has 0 saturated carbocycles. The molecule has 0 rings (SSSR count). The SMILES string of the molecule is O.[CH3-].[V].[Y]. The van der Waals surface area contributed by atoms with E-state index in [-0.39, 0.29) is 64.2 Å². The second-order valence-corrected chi connectivity index (χ2v) is 0. The summed E-state index contributed by atoms with van der Waals surface area (Å²) in [5.41, 5.74) is 0. The predicted molar refractivity (Wildman–Crippen MR) is 10.0 cm³/mol. The van der Waals surface area contributed by atoms with E-state index in [1.807, 2.05) is 0 Å². The van der Waals surface area contributed by atoms with Gasteiger partial charge in [0, 0.05) is 51.3 Å². The van der Waals surface area contributed by atoms with Crippen molar-refractivity contribution in [2.75, 3.05) is 0 Å². The maximum atomic E-state index is 0. The first-order valence-electron chi connectivity index (χ1n) is 0. The molecular formula is CH5OVY-. The predicted octanol–water partition coefficient (Wildman–Crippen LogP) is -0.379. The molecular weight excluding hydrogens is 168 g/mol. The van der Waals surface area contributed by atoms with Gasteiger partial charge in [0.25, 0.3) is 0 Å². The number of rotatable bonds is 0. The summed E-state index contributed by atoms with van der Waals surface area (Å²) in [5, 5.41) is 0. The maximum Gasteiger partial charge on any atom is 0 e. The van der Waals surface area contributed by atoms with E-state index >= 15 is 0 Å². The van der Waals surface area contributed by atoms with Crippen molar-refractivity contribution in [2.45, 2.75) is 0 Å². The van der Waals surface area contributed by atoms with Crippen LogP contribution in [0, 0.1) is 7.43 Å². The van der Waals surface area contributed by atoms with Crippen LogP contribution in [-0.2, 0) is 51.3 Å². The van der Waals surface area contributed by atoms with Crippen LogP contribution in [0.15, 0.2) is 0 Å². The van der Waals surface area contributed by atoms with Gasteiger partial charge in [-0.2, -0.15) is 0 Å². The summed E-state index contributed by atoms with van der Waals surface area (Å²) in [6, 6.07) is 0. The Hall–Kier alpha value is 1.65. The van der Waals surface area contributed by atoms with Gasteiger partial charge in [0.15, 0.2) is 0 Å². The van der Waals surface area contributed by atoms with Gasteiger partial charge in [0.05, 0.1) is 0 Å². The minimum absolute atomic E-state index is 0. The molecule has 2 N–H and O–H groups in total. The molecule has 0 atom stereocenters. The Labute approximate surface area is 63.6 Å². The molecule has 1 nitrogen and oxygen atoms in total. The number of hydrogen-bond acceptors (Lipinski definition) is 0. The Kier molecular flexibility index (Phi) is 256. The Balaban J connectivity index is 0. The Morgan fingerprint density at radius 3 is 1.00 bits per heavy atom. The van der Waals surface area contributed by atoms with Crippen molar-refractivity contribution >= 4 is 0 Å².